The molecule has 1 N–H and O–H groups in total. The molecule has 1 aromatic rings. The highest BCUT2D eigenvalue weighted by atomic mass is 16.5. The molecule has 5 heteroatoms. The second kappa shape index (κ2) is 9.16. The smallest absolute Gasteiger partial charge is 0.306 e. The summed E-state index contributed by atoms with van der Waals surface area (Å²) >= 11 is 0. The second-order valence-electron chi connectivity index (χ2n) is 8.51. The van der Waals surface area contributed by atoms with E-state index in [9.17, 15) is 14.4 Å². The summed E-state index contributed by atoms with van der Waals surface area (Å²) in [5.74, 6) is 0.107. The van der Waals surface area contributed by atoms with E-state index in [1.54, 1.807) is 24.3 Å². The van der Waals surface area contributed by atoms with Crippen molar-refractivity contribution in [3.63, 3.8) is 0 Å². The molecule has 0 bridgehead atoms. The first kappa shape index (κ1) is 21.1. The number of rotatable bonds is 6. The highest BCUT2D eigenvalue weighted by Crippen LogP contribution is 2.38. The van der Waals surface area contributed by atoms with E-state index < -0.39 is 0 Å². The molecule has 0 unspecified atom stereocenters. The Hall–Kier alpha value is -2.17. The van der Waals surface area contributed by atoms with Gasteiger partial charge in [0, 0.05) is 17.7 Å². The minimum Gasteiger partial charge on any atom is -0.462 e. The zero-order chi connectivity index (χ0) is 20.0. The second-order valence-corrected chi connectivity index (χ2v) is 8.51. The van der Waals surface area contributed by atoms with Gasteiger partial charge < -0.3 is 10.1 Å². The third-order valence-corrected chi connectivity index (χ3v) is 5.33. The Balaban J connectivity index is 1.69. The van der Waals surface area contributed by atoms with Crippen LogP contribution < -0.4 is 5.32 Å². The monoisotopic (exact) mass is 373 g/mol. The van der Waals surface area contributed by atoms with Crippen molar-refractivity contribution in [1.82, 2.24) is 0 Å². The lowest BCUT2D eigenvalue weighted by molar-refractivity contribution is -0.152. The van der Waals surface area contributed by atoms with Crippen LogP contribution in [-0.2, 0) is 14.3 Å². The van der Waals surface area contributed by atoms with Gasteiger partial charge in [-0.25, -0.2) is 0 Å². The number of benzene rings is 1. The average Bonchev–Trinajstić information content (AvgIpc) is 2.60. The maximum Gasteiger partial charge on any atom is 0.306 e. The number of ketones is 1. The summed E-state index contributed by atoms with van der Waals surface area (Å²) < 4.78 is 5.54. The summed E-state index contributed by atoms with van der Waals surface area (Å²) in [6.07, 6.45) is 4.13. The number of anilines is 1. The highest BCUT2D eigenvalue weighted by molar-refractivity contribution is 5.96. The standard InChI is InChI=1S/C22H31NO4/c1-15(24)16-5-9-18(10-6-16)23-20(25)13-14-21(26)27-19-11-7-17(8-12-19)22(2,3)4/h5-6,9-10,17,19H,7-8,11-14H2,1-4H3,(H,23,25). The number of nitrogens with one attached hydrogen (secondary N) is 1. The number of carbonyl (C=O) groups is 3. The predicted molar refractivity (Wildman–Crippen MR) is 106 cm³/mol. The van der Waals surface area contributed by atoms with Crippen LogP contribution in [0.4, 0.5) is 5.69 Å². The molecule has 1 aliphatic carbocycles. The zero-order valence-corrected chi connectivity index (χ0v) is 16.8. The van der Waals surface area contributed by atoms with Gasteiger partial charge in [0.15, 0.2) is 5.78 Å². The summed E-state index contributed by atoms with van der Waals surface area (Å²) in [5.41, 5.74) is 1.51. The SMILES string of the molecule is CC(=O)c1ccc(NC(=O)CCC(=O)OC2CCC(C(C)(C)C)CC2)cc1. The largest absolute Gasteiger partial charge is 0.462 e. The van der Waals surface area contributed by atoms with E-state index >= 15 is 0 Å². The fourth-order valence-electron chi connectivity index (χ4n) is 3.52. The number of ether oxygens (including phenoxy) is 1. The molecule has 148 valence electrons. The Kier molecular flexibility index (Phi) is 7.17. The lowest BCUT2D eigenvalue weighted by atomic mass is 9.72. The molecular weight excluding hydrogens is 342 g/mol. The number of amides is 1. The van der Waals surface area contributed by atoms with Gasteiger partial charge in [-0.3, -0.25) is 14.4 Å². The molecule has 0 radical (unpaired) electrons. The molecule has 27 heavy (non-hydrogen) atoms. The number of carbonyl (C=O) groups excluding carboxylic acids is 3. The van der Waals surface area contributed by atoms with Crippen molar-refractivity contribution >= 4 is 23.3 Å². The summed E-state index contributed by atoms with van der Waals surface area (Å²) in [7, 11) is 0. The van der Waals surface area contributed by atoms with Crippen LogP contribution in [0.15, 0.2) is 24.3 Å². The van der Waals surface area contributed by atoms with Gasteiger partial charge in [0.2, 0.25) is 5.91 Å². The fraction of sp³-hybridized carbons (Fsp3) is 0.591. The highest BCUT2D eigenvalue weighted by Gasteiger charge is 2.31. The van der Waals surface area contributed by atoms with E-state index in [2.05, 4.69) is 26.1 Å². The molecule has 0 saturated heterocycles. The van der Waals surface area contributed by atoms with Crippen molar-refractivity contribution in [3.05, 3.63) is 29.8 Å². The van der Waals surface area contributed by atoms with Crippen LogP contribution in [0.5, 0.6) is 0 Å². The predicted octanol–water partition coefficient (Wildman–Crippen LogP) is 4.76. The van der Waals surface area contributed by atoms with Gasteiger partial charge >= 0.3 is 5.97 Å². The Bertz CT molecular complexity index is 665. The van der Waals surface area contributed by atoms with Gasteiger partial charge in [-0.15, -0.1) is 0 Å². The van der Waals surface area contributed by atoms with Crippen molar-refractivity contribution in [2.24, 2.45) is 11.3 Å². The first-order valence-corrected chi connectivity index (χ1v) is 9.75. The van der Waals surface area contributed by atoms with E-state index in [0.717, 1.165) is 25.7 Å². The van der Waals surface area contributed by atoms with Crippen molar-refractivity contribution in [3.8, 4) is 0 Å². The molecule has 1 aromatic carbocycles. The van der Waals surface area contributed by atoms with Crippen LogP contribution in [0.3, 0.4) is 0 Å². The molecule has 1 saturated carbocycles. The van der Waals surface area contributed by atoms with E-state index in [1.807, 2.05) is 0 Å². The van der Waals surface area contributed by atoms with Crippen molar-refractivity contribution in [2.75, 3.05) is 5.32 Å². The van der Waals surface area contributed by atoms with Crippen LogP contribution in [0.1, 0.15) is 76.6 Å². The Morgan fingerprint density at radius 1 is 1.00 bits per heavy atom. The number of hydrogen-bond donors (Lipinski definition) is 1. The maximum atomic E-state index is 12.0. The van der Waals surface area contributed by atoms with Gasteiger partial charge in [0.25, 0.3) is 0 Å². The quantitative estimate of drug-likeness (QED) is 0.576. The number of esters is 1. The zero-order valence-electron chi connectivity index (χ0n) is 16.8. The summed E-state index contributed by atoms with van der Waals surface area (Å²) in [4.78, 5) is 35.3. The Morgan fingerprint density at radius 2 is 1.59 bits per heavy atom. The van der Waals surface area contributed by atoms with Gasteiger partial charge in [-0.1, -0.05) is 20.8 Å². The third kappa shape index (κ3) is 6.81. The van der Waals surface area contributed by atoms with E-state index in [1.165, 1.54) is 6.92 Å². The molecule has 0 aliphatic heterocycles. The van der Waals surface area contributed by atoms with E-state index in [0.29, 0.717) is 22.6 Å². The van der Waals surface area contributed by atoms with E-state index in [4.69, 9.17) is 4.74 Å². The molecule has 2 rings (SSSR count). The number of Topliss-reactive ketones (excluding diaryl/α,β-unsaturated/α-hetero) is 1. The first-order valence-electron chi connectivity index (χ1n) is 9.75. The molecule has 0 aromatic heterocycles. The minimum absolute atomic E-state index is 0.0155. The van der Waals surface area contributed by atoms with Gasteiger partial charge in [0.1, 0.15) is 6.10 Å². The molecule has 1 amide bonds. The Morgan fingerprint density at radius 3 is 2.11 bits per heavy atom. The lowest BCUT2D eigenvalue weighted by Gasteiger charge is -2.36. The molecule has 5 nitrogen and oxygen atoms in total. The topological polar surface area (TPSA) is 72.5 Å². The van der Waals surface area contributed by atoms with Crippen LogP contribution in [0, 0.1) is 11.3 Å². The minimum atomic E-state index is -0.309. The molecule has 0 spiro atoms. The van der Waals surface area contributed by atoms with Crippen LogP contribution in [0.25, 0.3) is 0 Å². The lowest BCUT2D eigenvalue weighted by Crippen LogP contribution is -2.30. The average molecular weight is 373 g/mol. The van der Waals surface area contributed by atoms with Crippen molar-refractivity contribution in [2.45, 2.75) is 72.3 Å². The van der Waals surface area contributed by atoms with Crippen LogP contribution >= 0.6 is 0 Å². The fourth-order valence-corrected chi connectivity index (χ4v) is 3.52. The van der Waals surface area contributed by atoms with Crippen LogP contribution in [-0.4, -0.2) is 23.8 Å². The molecular formula is C22H31NO4. The van der Waals surface area contributed by atoms with Crippen LogP contribution in [0.2, 0.25) is 0 Å². The summed E-state index contributed by atoms with van der Waals surface area (Å²) in [6, 6.07) is 6.70. The number of hydrogen-bond acceptors (Lipinski definition) is 4. The van der Waals surface area contributed by atoms with Gasteiger partial charge in [0.05, 0.1) is 6.42 Å². The Labute approximate surface area is 161 Å². The maximum absolute atomic E-state index is 12.0. The molecule has 0 heterocycles. The molecule has 0 atom stereocenters. The van der Waals surface area contributed by atoms with Gasteiger partial charge in [-0.05, 0) is 68.2 Å². The van der Waals surface area contributed by atoms with E-state index in [-0.39, 0.29) is 36.6 Å². The van der Waals surface area contributed by atoms with Crippen molar-refractivity contribution < 1.29 is 19.1 Å². The molecule has 1 aliphatic rings. The normalized spacial score (nSPS) is 20.0. The summed E-state index contributed by atoms with van der Waals surface area (Å²) in [5, 5.41) is 2.73. The summed E-state index contributed by atoms with van der Waals surface area (Å²) in [6.45, 7) is 8.28. The van der Waals surface area contributed by atoms with Crippen molar-refractivity contribution in [1.29, 1.82) is 0 Å². The molecule has 1 fully saturated rings. The first-order chi connectivity index (χ1) is 12.6. The van der Waals surface area contributed by atoms with Gasteiger partial charge in [-0.2, -0.15) is 0 Å². The third-order valence-electron chi connectivity index (χ3n) is 5.33.